The van der Waals surface area contributed by atoms with Crippen molar-refractivity contribution in [2.45, 2.75) is 25.4 Å². The predicted molar refractivity (Wildman–Crippen MR) is 185 cm³/mol. The fraction of sp³-hybridized carbons (Fsp3) is 0.455. The molecular weight excluding hydrogens is 692 g/mol. The second kappa shape index (κ2) is 24.9. The van der Waals surface area contributed by atoms with Crippen LogP contribution in [0.25, 0.3) is 0 Å². The summed E-state index contributed by atoms with van der Waals surface area (Å²) in [5.41, 5.74) is 5.53. The number of carboxylic acids is 6. The summed E-state index contributed by atoms with van der Waals surface area (Å²) >= 11 is 0. The molecule has 0 saturated carbocycles. The Labute approximate surface area is 299 Å². The molecule has 0 amide bonds. The van der Waals surface area contributed by atoms with Crippen molar-refractivity contribution in [2.24, 2.45) is 0 Å². The quantitative estimate of drug-likeness (QED) is 0.133. The number of piperazine rings is 1. The predicted octanol–water partition coefficient (Wildman–Crippen LogP) is -1.14. The summed E-state index contributed by atoms with van der Waals surface area (Å²) < 4.78 is 0. The average Bonchev–Trinajstić information content (AvgIpc) is 3.23. The van der Waals surface area contributed by atoms with E-state index in [1.54, 1.807) is 0 Å². The summed E-state index contributed by atoms with van der Waals surface area (Å²) in [6, 6.07) is 17.6. The van der Waals surface area contributed by atoms with Gasteiger partial charge in [-0.1, -0.05) is 36.4 Å². The molecule has 0 radical (unpaired) electrons. The van der Waals surface area contributed by atoms with Crippen LogP contribution >= 0.6 is 0 Å². The Balaban J connectivity index is 0.00000113. The van der Waals surface area contributed by atoms with Gasteiger partial charge in [-0.25, -0.2) is 28.8 Å². The Morgan fingerprint density at radius 3 is 1.42 bits per heavy atom. The number of carbonyl (C=O) groups is 6. The fourth-order valence-electron chi connectivity index (χ4n) is 5.25. The first-order valence-electron chi connectivity index (χ1n) is 15.8. The summed E-state index contributed by atoms with van der Waals surface area (Å²) in [4.78, 5) is 64.0. The first-order chi connectivity index (χ1) is 24.1. The third-order valence-electron chi connectivity index (χ3n) is 7.57. The van der Waals surface area contributed by atoms with Gasteiger partial charge in [0.2, 0.25) is 0 Å². The number of aliphatic hydroxyl groups excluding tert-OH is 2. The molecule has 10 N–H and O–H groups in total. The molecular formula is C33H48N4O15. The molecule has 2 aromatic rings. The second-order valence-corrected chi connectivity index (χ2v) is 11.4. The number of hydrogen-bond donors (Lipinski definition) is 8. The van der Waals surface area contributed by atoms with Gasteiger partial charge in [0.15, 0.2) is 0 Å². The van der Waals surface area contributed by atoms with Gasteiger partial charge in [0.05, 0.1) is 12.7 Å². The van der Waals surface area contributed by atoms with Crippen molar-refractivity contribution in [1.82, 2.24) is 14.7 Å². The van der Waals surface area contributed by atoms with Crippen LogP contribution in [0.3, 0.4) is 0 Å². The molecule has 4 rings (SSSR count). The van der Waals surface area contributed by atoms with Crippen molar-refractivity contribution in [2.75, 3.05) is 77.5 Å². The maximum Gasteiger partial charge on any atom is 0.414 e. The third-order valence-corrected chi connectivity index (χ3v) is 7.57. The Kier molecular flexibility index (Phi) is 22.4. The summed E-state index contributed by atoms with van der Waals surface area (Å²) in [6.45, 7) is 8.22. The zero-order valence-corrected chi connectivity index (χ0v) is 28.7. The molecule has 1 unspecified atom stereocenters. The van der Waals surface area contributed by atoms with E-state index in [-0.39, 0.29) is 18.2 Å². The first kappa shape index (κ1) is 46.8. The summed E-state index contributed by atoms with van der Waals surface area (Å²) in [5.74, 6) is -10.9. The van der Waals surface area contributed by atoms with E-state index in [2.05, 4.69) is 75.2 Å². The third kappa shape index (κ3) is 18.2. The number of nitrogens with zero attached hydrogens (tertiary/aromatic N) is 4. The van der Waals surface area contributed by atoms with Crippen molar-refractivity contribution < 1.29 is 75.1 Å². The van der Waals surface area contributed by atoms with Crippen molar-refractivity contribution in [1.29, 1.82) is 0 Å². The summed E-state index contributed by atoms with van der Waals surface area (Å²) in [7, 11) is 2.12. The number of likely N-dealkylation sites (N-methyl/N-ethyl adjacent to an activating group) is 1. The van der Waals surface area contributed by atoms with E-state index in [4.69, 9.17) is 64.5 Å². The zero-order chi connectivity index (χ0) is 38.5. The molecule has 0 bridgehead atoms. The summed E-state index contributed by atoms with van der Waals surface area (Å²) in [5, 5.41) is 64.1. The van der Waals surface area contributed by atoms with Gasteiger partial charge in [0.25, 0.3) is 0 Å². The maximum atomic E-state index is 10.6. The van der Waals surface area contributed by atoms with Crippen molar-refractivity contribution in [3.63, 3.8) is 0 Å². The fourth-order valence-corrected chi connectivity index (χ4v) is 5.25. The molecule has 1 saturated heterocycles. The van der Waals surface area contributed by atoms with E-state index in [1.807, 2.05) is 0 Å². The number of aliphatic carboxylic acids is 6. The lowest BCUT2D eigenvalue weighted by atomic mass is 10.0. The maximum absolute atomic E-state index is 10.6. The number of anilines is 2. The van der Waals surface area contributed by atoms with Gasteiger partial charge in [-0.3, -0.25) is 9.80 Å². The Bertz CT molecular complexity index is 1310. The molecule has 2 aromatic carbocycles. The number of rotatable bonds is 10. The smallest absolute Gasteiger partial charge is 0.414 e. The molecule has 290 valence electrons. The molecule has 19 nitrogen and oxygen atoms in total. The van der Waals surface area contributed by atoms with E-state index in [1.165, 1.54) is 22.5 Å². The molecule has 1 fully saturated rings. The van der Waals surface area contributed by atoms with Gasteiger partial charge >= 0.3 is 35.8 Å². The van der Waals surface area contributed by atoms with Gasteiger partial charge in [0, 0.05) is 63.7 Å². The molecule has 2 aliphatic heterocycles. The van der Waals surface area contributed by atoms with Crippen LogP contribution in [0.2, 0.25) is 0 Å². The van der Waals surface area contributed by atoms with E-state index in [9.17, 15) is 5.11 Å². The second-order valence-electron chi connectivity index (χ2n) is 11.4. The number of carboxylic acid groups (broad SMARTS) is 6. The molecule has 2 heterocycles. The Morgan fingerprint density at radius 2 is 1.04 bits per heavy atom. The number of aryl methyl sites for hydroxylation is 2. The highest BCUT2D eigenvalue weighted by Crippen LogP contribution is 2.35. The lowest BCUT2D eigenvalue weighted by molar-refractivity contribution is -0.159. The number of benzene rings is 2. The van der Waals surface area contributed by atoms with Gasteiger partial charge < -0.3 is 56.1 Å². The van der Waals surface area contributed by atoms with Crippen LogP contribution in [-0.2, 0) is 41.6 Å². The normalized spacial score (nSPS) is 14.0. The van der Waals surface area contributed by atoms with Crippen LogP contribution in [0, 0.1) is 0 Å². The van der Waals surface area contributed by atoms with Crippen LogP contribution in [0.1, 0.15) is 17.5 Å². The van der Waals surface area contributed by atoms with E-state index < -0.39 is 35.8 Å². The highest BCUT2D eigenvalue weighted by molar-refractivity contribution is 6.28. The lowest BCUT2D eigenvalue weighted by Gasteiger charge is -2.35. The summed E-state index contributed by atoms with van der Waals surface area (Å²) in [6.07, 6.45) is 2.89. The SMILES string of the molecule is CN(CCCN1c2ccccc2CCc2ccccc21)CC(O)CN1CCN(CCO)CC1.O.O=C(O)C(=O)O.O=C(O)C(=O)O.O=C(O)C(=O)O. The van der Waals surface area contributed by atoms with Crippen LogP contribution < -0.4 is 4.90 Å². The standard InChI is InChI=1S/C27H40N4O2.3C2H2O4.H2O/c1-28(21-25(33)22-30-17-15-29(16-18-30)19-20-32)13-6-14-31-26-9-4-2-7-23(26)11-12-24-8-3-5-10-27(24)31;3*3-1(4)2(5)6;/h2-5,7-10,25,32-33H,6,11-22H2,1H3;3*(H,3,4)(H,5,6);1H2. The van der Waals surface area contributed by atoms with Crippen molar-refractivity contribution >= 4 is 47.2 Å². The van der Waals surface area contributed by atoms with Gasteiger partial charge in [0.1, 0.15) is 0 Å². The monoisotopic (exact) mass is 740 g/mol. The number of hydrogen-bond acceptors (Lipinski definition) is 12. The van der Waals surface area contributed by atoms with Crippen LogP contribution in [-0.4, -0.2) is 176 Å². The van der Waals surface area contributed by atoms with E-state index in [0.29, 0.717) is 6.54 Å². The minimum Gasteiger partial charge on any atom is -0.473 e. The zero-order valence-electron chi connectivity index (χ0n) is 28.7. The van der Waals surface area contributed by atoms with Gasteiger partial charge in [-0.05, 0) is 56.1 Å². The van der Waals surface area contributed by atoms with E-state index in [0.717, 1.165) is 71.6 Å². The van der Waals surface area contributed by atoms with Crippen LogP contribution in [0.15, 0.2) is 48.5 Å². The number of fused-ring (bicyclic) bond motifs is 2. The Hall–Kier alpha value is -5.18. The highest BCUT2D eigenvalue weighted by Gasteiger charge is 2.21. The van der Waals surface area contributed by atoms with E-state index >= 15 is 0 Å². The molecule has 19 heteroatoms. The van der Waals surface area contributed by atoms with Crippen LogP contribution in [0.5, 0.6) is 0 Å². The first-order valence-corrected chi connectivity index (χ1v) is 15.8. The number of para-hydroxylation sites is 2. The van der Waals surface area contributed by atoms with Crippen molar-refractivity contribution in [3.8, 4) is 0 Å². The molecule has 2 aliphatic rings. The largest absolute Gasteiger partial charge is 0.473 e. The molecule has 0 aromatic heterocycles. The minimum absolute atomic E-state index is 0. The molecule has 1 atom stereocenters. The molecule has 0 aliphatic carbocycles. The topological polar surface area (TPSA) is 309 Å². The van der Waals surface area contributed by atoms with Gasteiger partial charge in [-0.2, -0.15) is 0 Å². The molecule has 52 heavy (non-hydrogen) atoms. The minimum atomic E-state index is -1.82. The Morgan fingerprint density at radius 1 is 0.654 bits per heavy atom. The highest BCUT2D eigenvalue weighted by atomic mass is 16.5. The van der Waals surface area contributed by atoms with Crippen LogP contribution in [0.4, 0.5) is 11.4 Å². The van der Waals surface area contributed by atoms with Gasteiger partial charge in [-0.15, -0.1) is 0 Å². The average molecular weight is 741 g/mol. The van der Waals surface area contributed by atoms with Crippen molar-refractivity contribution in [3.05, 3.63) is 59.7 Å². The lowest BCUT2D eigenvalue weighted by Crippen LogP contribution is -2.50. The number of aliphatic hydroxyl groups is 2. The molecule has 0 spiro atoms. The number of β-amino-alcohol motifs (C(OH)–C–C–N with tert-alkyl or cyclic N) is 2.